The first-order valence-electron chi connectivity index (χ1n) is 9.58. The molecule has 13 nitrogen and oxygen atoms in total. The van der Waals surface area contributed by atoms with Crippen LogP contribution in [-0.2, 0) is 19.2 Å². The van der Waals surface area contributed by atoms with Crippen LogP contribution in [-0.4, -0.2) is 89.2 Å². The predicted octanol–water partition coefficient (Wildman–Crippen LogP) is -3.33. The maximum absolute atomic E-state index is 12.6. The number of carbonyl (C=O) groups excluding carboxylic acids is 3. The van der Waals surface area contributed by atoms with E-state index >= 15 is 0 Å². The van der Waals surface area contributed by atoms with Crippen LogP contribution in [0.3, 0.4) is 0 Å². The fourth-order valence-electron chi connectivity index (χ4n) is 2.31. The second kappa shape index (κ2) is 15.3. The average Bonchev–Trinajstić information content (AvgIpc) is 2.70. The molecule has 0 fully saturated rings. The minimum absolute atomic E-state index is 0.0325. The van der Waals surface area contributed by atoms with E-state index in [1.165, 1.54) is 18.7 Å². The topological polar surface area (TPSA) is 235 Å². The molecule has 4 atom stereocenters. The molecule has 0 saturated heterocycles. The van der Waals surface area contributed by atoms with Crippen molar-refractivity contribution in [1.82, 2.24) is 16.0 Å². The number of nitrogens with one attached hydrogen (secondary N) is 3. The van der Waals surface area contributed by atoms with Crippen LogP contribution in [0.4, 0.5) is 0 Å². The third-order valence-electron chi connectivity index (χ3n) is 4.03. The Labute approximate surface area is 185 Å². The van der Waals surface area contributed by atoms with Gasteiger partial charge in [-0.3, -0.25) is 19.4 Å². The van der Waals surface area contributed by atoms with Crippen molar-refractivity contribution in [2.45, 2.75) is 50.4 Å². The first-order valence-corrected chi connectivity index (χ1v) is 11.0. The largest absolute Gasteiger partial charge is 0.480 e. The molecule has 0 rings (SSSR count). The van der Waals surface area contributed by atoms with E-state index in [2.05, 4.69) is 20.9 Å². The number of hydrogen-bond acceptors (Lipinski definition) is 8. The molecule has 0 bridgehead atoms. The van der Waals surface area contributed by atoms with Gasteiger partial charge in [0.1, 0.15) is 18.1 Å². The molecule has 0 spiro atoms. The van der Waals surface area contributed by atoms with Gasteiger partial charge in [0.25, 0.3) is 0 Å². The lowest BCUT2D eigenvalue weighted by molar-refractivity contribution is -0.142. The number of aliphatic imine (C=N–C) groups is 1. The molecular weight excluding hydrogens is 430 g/mol. The van der Waals surface area contributed by atoms with Crippen molar-refractivity contribution in [3.05, 3.63) is 0 Å². The Kier molecular flexibility index (Phi) is 14.0. The van der Waals surface area contributed by atoms with Gasteiger partial charge in [0, 0.05) is 6.54 Å². The molecule has 178 valence electrons. The van der Waals surface area contributed by atoms with E-state index < -0.39 is 54.5 Å². The summed E-state index contributed by atoms with van der Waals surface area (Å²) in [6.07, 6.45) is 2.41. The summed E-state index contributed by atoms with van der Waals surface area (Å²) in [6.45, 7) is 0.870. The molecule has 3 amide bonds. The molecule has 0 saturated carbocycles. The third-order valence-corrected chi connectivity index (χ3v) is 4.68. The highest BCUT2D eigenvalue weighted by Gasteiger charge is 2.29. The Morgan fingerprint density at radius 3 is 2.00 bits per heavy atom. The molecule has 0 unspecified atom stereocenters. The Morgan fingerprint density at radius 2 is 1.52 bits per heavy atom. The summed E-state index contributed by atoms with van der Waals surface area (Å²) in [5, 5.41) is 25.9. The number of carbonyl (C=O) groups is 4. The fraction of sp³-hybridized carbons (Fsp3) is 0.706. The lowest BCUT2D eigenvalue weighted by atomic mass is 10.1. The van der Waals surface area contributed by atoms with Gasteiger partial charge in [0.05, 0.1) is 12.6 Å². The molecule has 0 aromatic heterocycles. The van der Waals surface area contributed by atoms with Crippen molar-refractivity contribution in [2.75, 3.05) is 25.2 Å². The summed E-state index contributed by atoms with van der Waals surface area (Å²) in [5.74, 6) is -3.00. The summed E-state index contributed by atoms with van der Waals surface area (Å²) in [7, 11) is 0. The summed E-state index contributed by atoms with van der Waals surface area (Å²) in [5.41, 5.74) is 15.9. The third kappa shape index (κ3) is 12.0. The van der Waals surface area contributed by atoms with Crippen LogP contribution < -0.4 is 33.2 Å². The number of aliphatic hydroxyl groups is 1. The average molecular weight is 464 g/mol. The summed E-state index contributed by atoms with van der Waals surface area (Å²) < 4.78 is 0. The molecule has 0 aliphatic carbocycles. The second-order valence-electron chi connectivity index (χ2n) is 6.72. The van der Waals surface area contributed by atoms with E-state index in [0.29, 0.717) is 5.75 Å². The normalized spacial score (nSPS) is 14.5. The highest BCUT2D eigenvalue weighted by Crippen LogP contribution is 2.03. The van der Waals surface area contributed by atoms with Gasteiger partial charge in [-0.1, -0.05) is 0 Å². The van der Waals surface area contributed by atoms with Gasteiger partial charge in [-0.2, -0.15) is 11.8 Å². The number of rotatable bonds is 15. The Balaban J connectivity index is 5.04. The zero-order chi connectivity index (χ0) is 24.0. The summed E-state index contributed by atoms with van der Waals surface area (Å²) in [6, 6.07) is -4.48. The van der Waals surface area contributed by atoms with E-state index in [-0.39, 0.29) is 31.8 Å². The number of aliphatic carboxylic acids is 1. The number of amides is 3. The molecule has 0 heterocycles. The van der Waals surface area contributed by atoms with Crippen LogP contribution in [0.5, 0.6) is 0 Å². The molecule has 0 aliphatic rings. The van der Waals surface area contributed by atoms with Crippen molar-refractivity contribution in [2.24, 2.45) is 22.2 Å². The van der Waals surface area contributed by atoms with Gasteiger partial charge < -0.3 is 43.4 Å². The number of carboxylic acid groups (broad SMARTS) is 1. The van der Waals surface area contributed by atoms with Crippen LogP contribution in [0.25, 0.3) is 0 Å². The monoisotopic (exact) mass is 463 g/mol. The number of nitrogens with two attached hydrogens (primary N) is 3. The van der Waals surface area contributed by atoms with Gasteiger partial charge in [-0.25, -0.2) is 4.79 Å². The quantitative estimate of drug-likeness (QED) is 0.0683. The SMILES string of the molecule is CSCC[C@H](NC(=O)[C@H](C)N)C(=O)N[C@@H](CO)C(=O)N[C@@H](CCCN=C(N)N)C(=O)O. The van der Waals surface area contributed by atoms with Crippen LogP contribution in [0.1, 0.15) is 26.2 Å². The van der Waals surface area contributed by atoms with Crippen LogP contribution in [0, 0.1) is 0 Å². The van der Waals surface area contributed by atoms with Crippen molar-refractivity contribution < 1.29 is 29.4 Å². The molecule has 14 heteroatoms. The van der Waals surface area contributed by atoms with Gasteiger partial charge >= 0.3 is 5.97 Å². The van der Waals surface area contributed by atoms with E-state index in [1.54, 1.807) is 0 Å². The van der Waals surface area contributed by atoms with Gasteiger partial charge in [0.15, 0.2) is 5.96 Å². The smallest absolute Gasteiger partial charge is 0.326 e. The molecule has 0 aromatic carbocycles. The van der Waals surface area contributed by atoms with E-state index in [1.807, 2.05) is 6.26 Å². The predicted molar refractivity (Wildman–Crippen MR) is 117 cm³/mol. The number of guanidine groups is 1. The van der Waals surface area contributed by atoms with Gasteiger partial charge in [-0.05, 0) is 38.2 Å². The van der Waals surface area contributed by atoms with Crippen LogP contribution in [0.2, 0.25) is 0 Å². The van der Waals surface area contributed by atoms with Crippen LogP contribution >= 0.6 is 11.8 Å². The zero-order valence-corrected chi connectivity index (χ0v) is 18.5. The van der Waals surface area contributed by atoms with Crippen molar-refractivity contribution in [1.29, 1.82) is 0 Å². The Bertz CT molecular complexity index is 642. The Hall–Kier alpha value is -2.58. The standard InChI is InChI=1S/C17H33N7O6S/c1-9(18)13(26)22-10(5-7-31-2)14(27)24-12(8-25)15(28)23-11(16(29)30)4-3-6-21-17(19)20/h9-12,25H,3-8,18H2,1-2H3,(H,22,26)(H,23,28)(H,24,27)(H,29,30)(H4,19,20,21)/t9-,10-,11-,12-/m0/s1. The lowest BCUT2D eigenvalue weighted by Gasteiger charge is -2.23. The maximum Gasteiger partial charge on any atom is 0.326 e. The van der Waals surface area contributed by atoms with E-state index in [0.717, 1.165) is 0 Å². The maximum atomic E-state index is 12.6. The minimum Gasteiger partial charge on any atom is -0.480 e. The molecule has 0 aromatic rings. The number of hydrogen-bond donors (Lipinski definition) is 8. The molecule has 0 aliphatic heterocycles. The minimum atomic E-state index is -1.41. The molecular formula is C17H33N7O6S. The number of thioether (sulfide) groups is 1. The highest BCUT2D eigenvalue weighted by atomic mass is 32.2. The summed E-state index contributed by atoms with van der Waals surface area (Å²) >= 11 is 1.46. The first kappa shape index (κ1) is 28.4. The van der Waals surface area contributed by atoms with Gasteiger partial charge in [0.2, 0.25) is 17.7 Å². The van der Waals surface area contributed by atoms with Crippen LogP contribution in [0.15, 0.2) is 4.99 Å². The lowest BCUT2D eigenvalue weighted by Crippen LogP contribution is -2.58. The Morgan fingerprint density at radius 1 is 0.968 bits per heavy atom. The van der Waals surface area contributed by atoms with Gasteiger partial charge in [-0.15, -0.1) is 0 Å². The highest BCUT2D eigenvalue weighted by molar-refractivity contribution is 7.98. The summed E-state index contributed by atoms with van der Waals surface area (Å²) in [4.78, 5) is 51.9. The molecule has 0 radical (unpaired) electrons. The number of carboxylic acids is 1. The number of aliphatic hydroxyl groups excluding tert-OH is 1. The van der Waals surface area contributed by atoms with Crippen molar-refractivity contribution in [3.8, 4) is 0 Å². The first-order chi connectivity index (χ1) is 14.5. The van der Waals surface area contributed by atoms with Crippen molar-refractivity contribution in [3.63, 3.8) is 0 Å². The molecule has 11 N–H and O–H groups in total. The second-order valence-corrected chi connectivity index (χ2v) is 7.71. The van der Waals surface area contributed by atoms with E-state index in [4.69, 9.17) is 17.2 Å². The fourth-order valence-corrected chi connectivity index (χ4v) is 2.78. The molecule has 31 heavy (non-hydrogen) atoms. The zero-order valence-electron chi connectivity index (χ0n) is 17.7. The van der Waals surface area contributed by atoms with Crippen molar-refractivity contribution >= 4 is 41.4 Å². The number of nitrogens with zero attached hydrogens (tertiary/aromatic N) is 1. The van der Waals surface area contributed by atoms with E-state index in [9.17, 15) is 29.4 Å².